The highest BCUT2D eigenvalue weighted by Gasteiger charge is 2.16. The van der Waals surface area contributed by atoms with Crippen molar-refractivity contribution in [3.8, 4) is 0 Å². The minimum absolute atomic E-state index is 0.166. The molecule has 0 aliphatic carbocycles. The molecule has 1 unspecified atom stereocenters. The van der Waals surface area contributed by atoms with Gasteiger partial charge in [0.1, 0.15) is 0 Å². The van der Waals surface area contributed by atoms with Gasteiger partial charge in [0.2, 0.25) is 0 Å². The molecule has 0 saturated carbocycles. The van der Waals surface area contributed by atoms with E-state index < -0.39 is 10.0 Å². The fourth-order valence-corrected chi connectivity index (χ4v) is 3.06. The first-order valence-corrected chi connectivity index (χ1v) is 8.20. The van der Waals surface area contributed by atoms with Crippen LogP contribution in [-0.2, 0) is 10.0 Å². The maximum atomic E-state index is 12.4. The minimum atomic E-state index is -3.64. The molecule has 1 aromatic carbocycles. The molecule has 112 valence electrons. The average molecular weight is 305 g/mol. The summed E-state index contributed by atoms with van der Waals surface area (Å²) >= 11 is 0. The SMILES string of the molecule is CCC(N)c1cccc(S(=O)(=O)Nc2cncc(C)c2)c1. The highest BCUT2D eigenvalue weighted by molar-refractivity contribution is 7.92. The lowest BCUT2D eigenvalue weighted by atomic mass is 10.1. The van der Waals surface area contributed by atoms with Gasteiger partial charge in [-0.15, -0.1) is 0 Å². The summed E-state index contributed by atoms with van der Waals surface area (Å²) in [7, 11) is -3.64. The van der Waals surface area contributed by atoms with Crippen molar-refractivity contribution in [3.05, 3.63) is 53.9 Å². The first kappa shape index (κ1) is 15.5. The molecule has 21 heavy (non-hydrogen) atoms. The topological polar surface area (TPSA) is 85.1 Å². The Kier molecular flexibility index (Phi) is 4.59. The fraction of sp³-hybridized carbons (Fsp3) is 0.267. The maximum Gasteiger partial charge on any atom is 0.261 e. The fourth-order valence-electron chi connectivity index (χ4n) is 1.97. The number of hydrogen-bond acceptors (Lipinski definition) is 4. The maximum absolute atomic E-state index is 12.4. The molecule has 5 nitrogen and oxygen atoms in total. The van der Waals surface area contributed by atoms with Crippen LogP contribution < -0.4 is 10.5 Å². The molecule has 3 N–H and O–H groups in total. The Morgan fingerprint density at radius 2 is 2.05 bits per heavy atom. The van der Waals surface area contributed by atoms with Gasteiger partial charge in [-0.05, 0) is 42.7 Å². The monoisotopic (exact) mass is 305 g/mol. The van der Waals surface area contributed by atoms with Gasteiger partial charge in [0, 0.05) is 12.2 Å². The van der Waals surface area contributed by atoms with Crippen LogP contribution in [0, 0.1) is 6.92 Å². The Balaban J connectivity index is 2.31. The number of hydrogen-bond donors (Lipinski definition) is 2. The Morgan fingerprint density at radius 3 is 2.71 bits per heavy atom. The molecule has 0 aliphatic rings. The normalized spacial score (nSPS) is 12.9. The summed E-state index contributed by atoms with van der Waals surface area (Å²) in [6.07, 6.45) is 3.89. The van der Waals surface area contributed by atoms with Crippen LogP contribution in [0.5, 0.6) is 0 Å². The number of pyridine rings is 1. The number of aromatic nitrogens is 1. The summed E-state index contributed by atoms with van der Waals surface area (Å²) in [4.78, 5) is 4.17. The molecule has 2 aromatic rings. The van der Waals surface area contributed by atoms with Crippen LogP contribution in [0.25, 0.3) is 0 Å². The lowest BCUT2D eigenvalue weighted by Crippen LogP contribution is -2.15. The zero-order valence-electron chi connectivity index (χ0n) is 12.1. The number of benzene rings is 1. The third-order valence-corrected chi connectivity index (χ3v) is 4.54. The summed E-state index contributed by atoms with van der Waals surface area (Å²) < 4.78 is 27.3. The number of nitrogens with one attached hydrogen (secondary N) is 1. The Bertz CT molecular complexity index is 729. The van der Waals surface area contributed by atoms with Gasteiger partial charge in [-0.1, -0.05) is 19.1 Å². The number of sulfonamides is 1. The van der Waals surface area contributed by atoms with E-state index in [-0.39, 0.29) is 10.9 Å². The average Bonchev–Trinajstić information content (AvgIpc) is 2.46. The van der Waals surface area contributed by atoms with Gasteiger partial charge < -0.3 is 5.73 Å². The molecule has 1 aromatic heterocycles. The molecule has 0 bridgehead atoms. The van der Waals surface area contributed by atoms with E-state index in [2.05, 4.69) is 9.71 Å². The zero-order chi connectivity index (χ0) is 15.5. The number of aryl methyl sites for hydroxylation is 1. The highest BCUT2D eigenvalue weighted by atomic mass is 32.2. The van der Waals surface area contributed by atoms with Crippen LogP contribution in [-0.4, -0.2) is 13.4 Å². The second-order valence-electron chi connectivity index (χ2n) is 4.94. The Hall–Kier alpha value is -1.92. The number of rotatable bonds is 5. The smallest absolute Gasteiger partial charge is 0.261 e. The van der Waals surface area contributed by atoms with E-state index in [9.17, 15) is 8.42 Å². The van der Waals surface area contributed by atoms with Gasteiger partial charge in [0.15, 0.2) is 0 Å². The van der Waals surface area contributed by atoms with Crippen molar-refractivity contribution in [2.75, 3.05) is 4.72 Å². The van der Waals surface area contributed by atoms with E-state index in [4.69, 9.17) is 5.73 Å². The predicted octanol–water partition coefficient (Wildman–Crippen LogP) is 2.60. The van der Waals surface area contributed by atoms with Crippen molar-refractivity contribution in [2.45, 2.75) is 31.2 Å². The van der Waals surface area contributed by atoms with Crippen molar-refractivity contribution in [1.82, 2.24) is 4.98 Å². The van der Waals surface area contributed by atoms with Crippen molar-refractivity contribution in [3.63, 3.8) is 0 Å². The summed E-state index contributed by atoms with van der Waals surface area (Å²) in [5, 5.41) is 0. The molecular formula is C15H19N3O2S. The van der Waals surface area contributed by atoms with Crippen LogP contribution in [0.2, 0.25) is 0 Å². The van der Waals surface area contributed by atoms with Crippen LogP contribution >= 0.6 is 0 Å². The Morgan fingerprint density at radius 1 is 1.29 bits per heavy atom. The zero-order valence-corrected chi connectivity index (χ0v) is 12.9. The lowest BCUT2D eigenvalue weighted by molar-refractivity contribution is 0.600. The quantitative estimate of drug-likeness (QED) is 0.889. The van der Waals surface area contributed by atoms with Crippen molar-refractivity contribution >= 4 is 15.7 Å². The van der Waals surface area contributed by atoms with E-state index >= 15 is 0 Å². The van der Waals surface area contributed by atoms with Crippen LogP contribution in [0.15, 0.2) is 47.6 Å². The molecule has 1 atom stereocenters. The molecule has 0 fully saturated rings. The molecule has 6 heteroatoms. The van der Waals surface area contributed by atoms with Crippen LogP contribution in [0.3, 0.4) is 0 Å². The van der Waals surface area contributed by atoms with Crippen molar-refractivity contribution in [1.29, 1.82) is 0 Å². The molecule has 0 spiro atoms. The van der Waals surface area contributed by atoms with Gasteiger partial charge in [-0.3, -0.25) is 9.71 Å². The molecular weight excluding hydrogens is 286 g/mol. The third kappa shape index (κ3) is 3.80. The molecule has 1 heterocycles. The molecule has 0 radical (unpaired) electrons. The number of anilines is 1. The minimum Gasteiger partial charge on any atom is -0.324 e. The van der Waals surface area contributed by atoms with Gasteiger partial charge >= 0.3 is 0 Å². The molecule has 0 saturated heterocycles. The largest absolute Gasteiger partial charge is 0.324 e. The van der Waals surface area contributed by atoms with E-state index in [1.807, 2.05) is 19.9 Å². The van der Waals surface area contributed by atoms with Crippen molar-refractivity contribution < 1.29 is 8.42 Å². The number of nitrogens with zero attached hydrogens (tertiary/aromatic N) is 1. The standard InChI is InChI=1S/C15H19N3O2S/c1-3-15(16)12-5-4-6-14(8-12)21(19,20)18-13-7-11(2)9-17-10-13/h4-10,15,18H,3,16H2,1-2H3. The van der Waals surface area contributed by atoms with E-state index in [0.29, 0.717) is 5.69 Å². The summed E-state index contributed by atoms with van der Waals surface area (Å²) in [5.74, 6) is 0. The Labute approximate surface area is 125 Å². The van der Waals surface area contributed by atoms with Gasteiger partial charge in [-0.25, -0.2) is 8.42 Å². The third-order valence-electron chi connectivity index (χ3n) is 3.16. The van der Waals surface area contributed by atoms with Gasteiger partial charge in [-0.2, -0.15) is 0 Å². The number of nitrogens with two attached hydrogens (primary N) is 1. The van der Waals surface area contributed by atoms with Gasteiger partial charge in [0.05, 0.1) is 16.8 Å². The lowest BCUT2D eigenvalue weighted by Gasteiger charge is -2.12. The summed E-state index contributed by atoms with van der Waals surface area (Å²) in [5.41, 5.74) is 8.09. The molecule has 0 aliphatic heterocycles. The first-order valence-electron chi connectivity index (χ1n) is 6.72. The second kappa shape index (κ2) is 6.24. The van der Waals surface area contributed by atoms with E-state index in [1.165, 1.54) is 6.20 Å². The molecule has 0 amide bonds. The summed E-state index contributed by atoms with van der Waals surface area (Å²) in [6, 6.07) is 8.26. The van der Waals surface area contributed by atoms with Crippen LogP contribution in [0.1, 0.15) is 30.5 Å². The highest BCUT2D eigenvalue weighted by Crippen LogP contribution is 2.20. The van der Waals surface area contributed by atoms with E-state index in [0.717, 1.165) is 17.5 Å². The second-order valence-corrected chi connectivity index (χ2v) is 6.63. The summed E-state index contributed by atoms with van der Waals surface area (Å²) in [6.45, 7) is 3.81. The van der Waals surface area contributed by atoms with Gasteiger partial charge in [0.25, 0.3) is 10.0 Å². The van der Waals surface area contributed by atoms with Crippen molar-refractivity contribution in [2.24, 2.45) is 5.73 Å². The first-order chi connectivity index (χ1) is 9.92. The predicted molar refractivity (Wildman–Crippen MR) is 83.4 cm³/mol. The molecule has 2 rings (SSSR count). The van der Waals surface area contributed by atoms with E-state index in [1.54, 1.807) is 30.5 Å². The van der Waals surface area contributed by atoms with Crippen LogP contribution in [0.4, 0.5) is 5.69 Å².